The number of rotatable bonds is 4. The first-order valence-electron chi connectivity index (χ1n) is 4.86. The Morgan fingerprint density at radius 3 is 2.89 bits per heavy atom. The Balaban J connectivity index is 2.23. The van der Waals surface area contributed by atoms with Crippen LogP contribution in [0.3, 0.4) is 0 Å². The summed E-state index contributed by atoms with van der Waals surface area (Å²) in [6.07, 6.45) is 2.97. The summed E-state index contributed by atoms with van der Waals surface area (Å²) in [7, 11) is -3.75. The van der Waals surface area contributed by atoms with Gasteiger partial charge in [-0.2, -0.15) is 5.26 Å². The number of nitrogens with zero attached hydrogens (tertiary/aromatic N) is 3. The number of aromatic nitrogens is 2. The van der Waals surface area contributed by atoms with Crippen LogP contribution in [0.4, 0.5) is 0 Å². The first-order valence-corrected chi connectivity index (χ1v) is 7.23. The van der Waals surface area contributed by atoms with Gasteiger partial charge in [0.05, 0.1) is 6.54 Å². The lowest BCUT2D eigenvalue weighted by Crippen LogP contribution is -2.24. The van der Waals surface area contributed by atoms with Crippen LogP contribution in [-0.2, 0) is 16.6 Å². The molecule has 2 aromatic heterocycles. The third-order valence-corrected chi connectivity index (χ3v) is 4.28. The van der Waals surface area contributed by atoms with Crippen LogP contribution in [0.1, 0.15) is 10.7 Å². The number of sulfonamides is 1. The highest BCUT2D eigenvalue weighted by Gasteiger charge is 2.19. The summed E-state index contributed by atoms with van der Waals surface area (Å²) in [6.45, 7) is 0.0970. The van der Waals surface area contributed by atoms with E-state index < -0.39 is 10.0 Å². The fraction of sp³-hybridized carbons (Fsp3) is 0.100. The fourth-order valence-corrected chi connectivity index (χ4v) is 3.01. The van der Waals surface area contributed by atoms with Gasteiger partial charge in [0.2, 0.25) is 10.0 Å². The van der Waals surface area contributed by atoms with Crippen molar-refractivity contribution in [1.82, 2.24) is 14.7 Å². The summed E-state index contributed by atoms with van der Waals surface area (Å²) in [5.74, 6) is 0. The van der Waals surface area contributed by atoms with Crippen molar-refractivity contribution < 1.29 is 8.42 Å². The molecular formula is C10H8N4O2S2. The molecule has 2 aromatic rings. The fourth-order valence-electron chi connectivity index (χ4n) is 1.27. The largest absolute Gasteiger partial charge is 0.248 e. The molecule has 6 nitrogen and oxygen atoms in total. The van der Waals surface area contributed by atoms with Gasteiger partial charge in [0.15, 0.2) is 5.69 Å². The average molecular weight is 280 g/mol. The number of pyridine rings is 1. The quantitative estimate of drug-likeness (QED) is 0.897. The van der Waals surface area contributed by atoms with Gasteiger partial charge in [-0.05, 0) is 12.1 Å². The van der Waals surface area contributed by atoms with Crippen molar-refractivity contribution in [2.45, 2.75) is 11.4 Å². The minimum Gasteiger partial charge on any atom is -0.248 e. The zero-order chi connectivity index (χ0) is 13.0. The van der Waals surface area contributed by atoms with Crippen molar-refractivity contribution in [1.29, 1.82) is 5.26 Å². The van der Waals surface area contributed by atoms with Crippen molar-refractivity contribution in [2.24, 2.45) is 0 Å². The highest BCUT2D eigenvalue weighted by molar-refractivity contribution is 7.89. The molecule has 0 aromatic carbocycles. The SMILES string of the molecule is N#Cc1ncccc1S(=O)(=O)NCc1nccs1. The molecule has 0 unspecified atom stereocenters. The standard InChI is InChI=1S/C10H8N4O2S2/c11-6-8-9(2-1-3-12-8)18(15,16)14-7-10-13-4-5-17-10/h1-5,14H,7H2. The normalized spacial score (nSPS) is 11.1. The van der Waals surface area contributed by atoms with Crippen molar-refractivity contribution in [2.75, 3.05) is 0 Å². The topological polar surface area (TPSA) is 95.7 Å². The highest BCUT2D eigenvalue weighted by Crippen LogP contribution is 2.13. The average Bonchev–Trinajstić information content (AvgIpc) is 2.89. The minimum atomic E-state index is -3.75. The Kier molecular flexibility index (Phi) is 3.66. The number of nitrogens with one attached hydrogen (secondary N) is 1. The van der Waals surface area contributed by atoms with Crippen molar-refractivity contribution in [3.63, 3.8) is 0 Å². The molecule has 92 valence electrons. The molecule has 0 bridgehead atoms. The monoisotopic (exact) mass is 280 g/mol. The Hall–Kier alpha value is -1.82. The summed E-state index contributed by atoms with van der Waals surface area (Å²) >= 11 is 1.35. The van der Waals surface area contributed by atoms with E-state index in [0.717, 1.165) is 0 Å². The molecule has 18 heavy (non-hydrogen) atoms. The third-order valence-electron chi connectivity index (χ3n) is 2.06. The van der Waals surface area contributed by atoms with Gasteiger partial charge in [-0.25, -0.2) is 23.1 Å². The number of nitriles is 1. The van der Waals surface area contributed by atoms with E-state index in [2.05, 4.69) is 14.7 Å². The zero-order valence-corrected chi connectivity index (χ0v) is 10.7. The molecule has 2 heterocycles. The van der Waals surface area contributed by atoms with E-state index in [4.69, 9.17) is 5.26 Å². The lowest BCUT2D eigenvalue weighted by molar-refractivity contribution is 0.580. The van der Waals surface area contributed by atoms with E-state index in [1.807, 2.05) is 0 Å². The van der Waals surface area contributed by atoms with E-state index in [0.29, 0.717) is 5.01 Å². The van der Waals surface area contributed by atoms with Gasteiger partial charge >= 0.3 is 0 Å². The molecule has 0 spiro atoms. The molecule has 0 aliphatic heterocycles. The van der Waals surface area contributed by atoms with E-state index in [9.17, 15) is 8.42 Å². The molecule has 0 radical (unpaired) electrons. The predicted octanol–water partition coefficient (Wildman–Crippen LogP) is 0.888. The molecule has 2 rings (SSSR count). The van der Waals surface area contributed by atoms with Gasteiger partial charge in [0, 0.05) is 17.8 Å². The first-order chi connectivity index (χ1) is 8.63. The summed E-state index contributed by atoms with van der Waals surface area (Å²) < 4.78 is 26.3. The molecule has 0 fully saturated rings. The Bertz CT molecular complexity index is 674. The number of thiazole rings is 1. The maximum atomic E-state index is 12.0. The second-order valence-corrected chi connectivity index (χ2v) is 5.93. The zero-order valence-electron chi connectivity index (χ0n) is 9.07. The van der Waals surface area contributed by atoms with E-state index in [-0.39, 0.29) is 17.1 Å². The first kappa shape index (κ1) is 12.6. The van der Waals surface area contributed by atoms with Crippen LogP contribution in [0.2, 0.25) is 0 Å². The van der Waals surface area contributed by atoms with E-state index in [1.54, 1.807) is 17.6 Å². The molecule has 0 amide bonds. The minimum absolute atomic E-state index is 0.0970. The molecule has 8 heteroatoms. The van der Waals surface area contributed by atoms with Gasteiger partial charge in [0.25, 0.3) is 0 Å². The Morgan fingerprint density at radius 2 is 2.22 bits per heavy atom. The summed E-state index contributed by atoms with van der Waals surface area (Å²) in [5.41, 5.74) is -0.121. The van der Waals surface area contributed by atoms with Gasteiger partial charge in [-0.3, -0.25) is 0 Å². The van der Waals surface area contributed by atoms with E-state index >= 15 is 0 Å². The van der Waals surface area contributed by atoms with Crippen LogP contribution in [0.5, 0.6) is 0 Å². The van der Waals surface area contributed by atoms with Crippen LogP contribution >= 0.6 is 11.3 Å². The van der Waals surface area contributed by atoms with Gasteiger partial charge in [-0.15, -0.1) is 11.3 Å². The van der Waals surface area contributed by atoms with Crippen LogP contribution in [0, 0.1) is 11.3 Å². The Morgan fingerprint density at radius 1 is 1.39 bits per heavy atom. The van der Waals surface area contributed by atoms with Gasteiger partial charge in [-0.1, -0.05) is 0 Å². The van der Waals surface area contributed by atoms with Crippen LogP contribution in [0.15, 0.2) is 34.8 Å². The maximum absolute atomic E-state index is 12.0. The summed E-state index contributed by atoms with van der Waals surface area (Å²) in [5, 5.41) is 11.2. The van der Waals surface area contributed by atoms with E-state index in [1.165, 1.54) is 29.7 Å². The molecule has 1 N–H and O–H groups in total. The lowest BCUT2D eigenvalue weighted by Gasteiger charge is -2.05. The van der Waals surface area contributed by atoms with Gasteiger partial charge < -0.3 is 0 Å². The van der Waals surface area contributed by atoms with Gasteiger partial charge in [0.1, 0.15) is 16.0 Å². The predicted molar refractivity (Wildman–Crippen MR) is 65.1 cm³/mol. The molecular weight excluding hydrogens is 272 g/mol. The van der Waals surface area contributed by atoms with Crippen molar-refractivity contribution >= 4 is 21.4 Å². The molecule has 0 aliphatic carbocycles. The second kappa shape index (κ2) is 5.22. The smallest absolute Gasteiger partial charge is 0.243 e. The lowest BCUT2D eigenvalue weighted by atomic mass is 10.4. The van der Waals surface area contributed by atoms with Crippen molar-refractivity contribution in [3.8, 4) is 6.07 Å². The molecule has 0 saturated heterocycles. The van der Waals surface area contributed by atoms with Crippen LogP contribution in [-0.4, -0.2) is 18.4 Å². The summed E-state index contributed by atoms with van der Waals surface area (Å²) in [4.78, 5) is 7.56. The third kappa shape index (κ3) is 2.70. The second-order valence-electron chi connectivity index (χ2n) is 3.21. The van der Waals surface area contributed by atoms with Crippen molar-refractivity contribution in [3.05, 3.63) is 40.6 Å². The summed E-state index contributed by atoms with van der Waals surface area (Å²) in [6, 6.07) is 4.57. The van der Waals surface area contributed by atoms with Crippen LogP contribution < -0.4 is 4.72 Å². The molecule has 0 atom stereocenters. The Labute approximate surface area is 108 Å². The highest BCUT2D eigenvalue weighted by atomic mass is 32.2. The maximum Gasteiger partial charge on any atom is 0.243 e. The number of hydrogen-bond donors (Lipinski definition) is 1. The number of hydrogen-bond acceptors (Lipinski definition) is 6. The van der Waals surface area contributed by atoms with Crippen LogP contribution in [0.25, 0.3) is 0 Å². The molecule has 0 saturated carbocycles. The molecule has 0 aliphatic rings.